The fraction of sp³-hybridized carbons (Fsp3) is 0.118. The minimum absolute atomic E-state index is 0.148. The van der Waals surface area contributed by atoms with Gasteiger partial charge >= 0.3 is 0 Å². The van der Waals surface area contributed by atoms with Crippen molar-refractivity contribution in [3.8, 4) is 5.75 Å². The van der Waals surface area contributed by atoms with Crippen molar-refractivity contribution in [3.63, 3.8) is 0 Å². The van der Waals surface area contributed by atoms with Gasteiger partial charge in [-0.1, -0.05) is 23.2 Å². The van der Waals surface area contributed by atoms with Gasteiger partial charge in [-0.25, -0.2) is 4.98 Å². The van der Waals surface area contributed by atoms with Gasteiger partial charge in [-0.2, -0.15) is 9.37 Å². The molecule has 0 radical (unpaired) electrons. The van der Waals surface area contributed by atoms with E-state index < -0.39 is 5.95 Å². The highest BCUT2D eigenvalue weighted by Crippen LogP contribution is 2.27. The molecule has 0 bridgehead atoms. The van der Waals surface area contributed by atoms with Gasteiger partial charge in [0.2, 0.25) is 5.95 Å². The maximum atomic E-state index is 13.0. The summed E-state index contributed by atoms with van der Waals surface area (Å²) in [5.74, 6) is 0.226. The topological polar surface area (TPSA) is 67.9 Å². The Balaban J connectivity index is 1.54. The van der Waals surface area contributed by atoms with E-state index in [1.54, 1.807) is 24.3 Å². The number of aryl methyl sites for hydroxylation is 1. The molecule has 3 aromatic rings. The standard InChI is InChI=1S/C17H12Cl2FN3O2/c18-10-1-4-14(12(19)9-10)25-8-7-11(24)2-6-16-21-13-3-5-15(20)22-17(13)23-16/h1,3-5,7-9H,2,6H2,(H,21,22,23)/b8-7+. The molecule has 0 amide bonds. The average molecular weight is 380 g/mol. The second-order valence-corrected chi connectivity index (χ2v) is 5.99. The van der Waals surface area contributed by atoms with Crippen molar-refractivity contribution >= 4 is 40.1 Å². The van der Waals surface area contributed by atoms with Crippen LogP contribution in [0.15, 0.2) is 42.7 Å². The van der Waals surface area contributed by atoms with Crippen molar-refractivity contribution in [3.05, 3.63) is 64.5 Å². The lowest BCUT2D eigenvalue weighted by Crippen LogP contribution is -1.98. The molecule has 1 aromatic carbocycles. The van der Waals surface area contributed by atoms with Gasteiger partial charge in [-0.15, -0.1) is 0 Å². The van der Waals surface area contributed by atoms with Crippen molar-refractivity contribution in [1.82, 2.24) is 15.0 Å². The highest BCUT2D eigenvalue weighted by Gasteiger charge is 2.07. The summed E-state index contributed by atoms with van der Waals surface area (Å²) in [6.45, 7) is 0. The molecule has 2 aromatic heterocycles. The summed E-state index contributed by atoms with van der Waals surface area (Å²) < 4.78 is 18.3. The highest BCUT2D eigenvalue weighted by atomic mass is 35.5. The summed E-state index contributed by atoms with van der Waals surface area (Å²) in [6.07, 6.45) is 3.18. The van der Waals surface area contributed by atoms with Crippen LogP contribution in [0.1, 0.15) is 12.2 Å². The van der Waals surface area contributed by atoms with Crippen LogP contribution in [-0.4, -0.2) is 20.7 Å². The number of imidazole rings is 1. The number of ketones is 1. The first-order chi connectivity index (χ1) is 12.0. The van der Waals surface area contributed by atoms with E-state index in [2.05, 4.69) is 15.0 Å². The smallest absolute Gasteiger partial charge is 0.215 e. The van der Waals surface area contributed by atoms with Crippen LogP contribution in [0.25, 0.3) is 11.2 Å². The Hall–Kier alpha value is -2.44. The molecule has 0 saturated carbocycles. The summed E-state index contributed by atoms with van der Waals surface area (Å²) in [5.41, 5.74) is 0.916. The largest absolute Gasteiger partial charge is 0.463 e. The van der Waals surface area contributed by atoms with Gasteiger partial charge in [0.25, 0.3) is 0 Å². The number of hydrogen-bond donors (Lipinski definition) is 1. The number of nitrogens with one attached hydrogen (secondary N) is 1. The molecule has 0 atom stereocenters. The average Bonchev–Trinajstić information content (AvgIpc) is 2.97. The van der Waals surface area contributed by atoms with Gasteiger partial charge in [0.05, 0.1) is 16.8 Å². The molecule has 8 heteroatoms. The van der Waals surface area contributed by atoms with Crippen LogP contribution >= 0.6 is 23.2 Å². The minimum atomic E-state index is -0.595. The molecular weight excluding hydrogens is 368 g/mol. The zero-order valence-electron chi connectivity index (χ0n) is 12.8. The molecule has 1 N–H and O–H groups in total. The quantitative estimate of drug-likeness (QED) is 0.389. The lowest BCUT2D eigenvalue weighted by molar-refractivity contribution is -0.114. The molecule has 0 saturated heterocycles. The predicted octanol–water partition coefficient (Wildman–Crippen LogP) is 4.50. The first-order valence-corrected chi connectivity index (χ1v) is 8.09. The van der Waals surface area contributed by atoms with Gasteiger partial charge in [0, 0.05) is 23.9 Å². The number of aromatic nitrogens is 3. The van der Waals surface area contributed by atoms with Crippen LogP contribution < -0.4 is 4.74 Å². The summed E-state index contributed by atoms with van der Waals surface area (Å²) in [6, 6.07) is 7.60. The number of allylic oxidation sites excluding steroid dienone is 1. The molecule has 0 aliphatic rings. The van der Waals surface area contributed by atoms with Crippen LogP contribution in [0.2, 0.25) is 10.0 Å². The van der Waals surface area contributed by atoms with E-state index in [0.717, 1.165) is 0 Å². The van der Waals surface area contributed by atoms with Crippen molar-refractivity contribution in [2.24, 2.45) is 0 Å². The van der Waals surface area contributed by atoms with Crippen molar-refractivity contribution in [1.29, 1.82) is 0 Å². The van der Waals surface area contributed by atoms with E-state index in [-0.39, 0.29) is 12.2 Å². The van der Waals surface area contributed by atoms with Gasteiger partial charge in [-0.05, 0) is 30.3 Å². The van der Waals surface area contributed by atoms with E-state index in [1.807, 2.05) is 0 Å². The Morgan fingerprint density at radius 3 is 2.88 bits per heavy atom. The third-order valence-electron chi connectivity index (χ3n) is 3.31. The van der Waals surface area contributed by atoms with Crippen LogP contribution in [0.4, 0.5) is 4.39 Å². The lowest BCUT2D eigenvalue weighted by Gasteiger charge is -2.02. The maximum absolute atomic E-state index is 13.0. The van der Waals surface area contributed by atoms with Crippen LogP contribution in [0, 0.1) is 5.95 Å². The number of halogens is 3. The van der Waals surface area contributed by atoms with Crippen molar-refractivity contribution in [2.45, 2.75) is 12.8 Å². The summed E-state index contributed by atoms with van der Waals surface area (Å²) >= 11 is 11.8. The third kappa shape index (κ3) is 4.55. The number of aromatic amines is 1. The van der Waals surface area contributed by atoms with Gasteiger partial charge < -0.3 is 9.72 Å². The number of carbonyl (C=O) groups excluding carboxylic acids is 1. The summed E-state index contributed by atoms with van der Waals surface area (Å²) in [7, 11) is 0. The van der Waals surface area contributed by atoms with E-state index in [9.17, 15) is 9.18 Å². The number of pyridine rings is 1. The fourth-order valence-electron chi connectivity index (χ4n) is 2.12. The van der Waals surface area contributed by atoms with E-state index in [4.69, 9.17) is 27.9 Å². The van der Waals surface area contributed by atoms with Gasteiger partial charge in [0.1, 0.15) is 11.6 Å². The van der Waals surface area contributed by atoms with Crippen LogP contribution in [0.3, 0.4) is 0 Å². The number of fused-ring (bicyclic) bond motifs is 1. The second kappa shape index (κ2) is 7.63. The highest BCUT2D eigenvalue weighted by molar-refractivity contribution is 6.35. The zero-order chi connectivity index (χ0) is 17.8. The molecule has 0 unspecified atom stereocenters. The fourth-order valence-corrected chi connectivity index (χ4v) is 2.57. The van der Waals surface area contributed by atoms with E-state index >= 15 is 0 Å². The Morgan fingerprint density at radius 1 is 1.24 bits per heavy atom. The minimum Gasteiger partial charge on any atom is -0.463 e. The Kier molecular flexibility index (Phi) is 5.31. The van der Waals surface area contributed by atoms with Crippen LogP contribution in [0.5, 0.6) is 5.75 Å². The molecule has 0 fully saturated rings. The zero-order valence-corrected chi connectivity index (χ0v) is 14.3. The molecule has 0 spiro atoms. The third-order valence-corrected chi connectivity index (χ3v) is 3.84. The van der Waals surface area contributed by atoms with Crippen molar-refractivity contribution < 1.29 is 13.9 Å². The number of benzene rings is 1. The van der Waals surface area contributed by atoms with Crippen LogP contribution in [-0.2, 0) is 11.2 Å². The molecule has 5 nitrogen and oxygen atoms in total. The van der Waals surface area contributed by atoms with Gasteiger partial charge in [-0.3, -0.25) is 4.79 Å². The Morgan fingerprint density at radius 2 is 2.08 bits per heavy atom. The molecule has 0 aliphatic carbocycles. The van der Waals surface area contributed by atoms with Crippen molar-refractivity contribution in [2.75, 3.05) is 0 Å². The van der Waals surface area contributed by atoms with Gasteiger partial charge in [0.15, 0.2) is 11.4 Å². The second-order valence-electron chi connectivity index (χ2n) is 5.15. The monoisotopic (exact) mass is 379 g/mol. The Labute approximate surface area is 152 Å². The number of carbonyl (C=O) groups is 1. The normalized spacial score (nSPS) is 11.3. The molecule has 2 heterocycles. The summed E-state index contributed by atoms with van der Waals surface area (Å²) in [4.78, 5) is 22.7. The molecular formula is C17H12Cl2FN3O2. The SMILES string of the molecule is O=C(/C=C/Oc1ccc(Cl)cc1Cl)CCc1nc2nc(F)ccc2[nH]1. The molecule has 0 aliphatic heterocycles. The lowest BCUT2D eigenvalue weighted by atomic mass is 10.2. The number of H-pyrrole nitrogens is 1. The first-order valence-electron chi connectivity index (χ1n) is 7.33. The number of nitrogens with zero attached hydrogens (tertiary/aromatic N) is 2. The molecule has 25 heavy (non-hydrogen) atoms. The maximum Gasteiger partial charge on any atom is 0.215 e. The van der Waals surface area contributed by atoms with E-state index in [1.165, 1.54) is 18.4 Å². The molecule has 128 valence electrons. The van der Waals surface area contributed by atoms with E-state index in [0.29, 0.717) is 39.2 Å². The molecule has 3 rings (SSSR count). The number of hydrogen-bond acceptors (Lipinski definition) is 4. The first kappa shape index (κ1) is 17.4. The number of rotatable bonds is 6. The predicted molar refractivity (Wildman–Crippen MR) is 93.4 cm³/mol. The summed E-state index contributed by atoms with van der Waals surface area (Å²) in [5, 5.41) is 0.851. The Bertz CT molecular complexity index is 956. The number of ether oxygens (including phenoxy) is 1.